The number of aliphatic hydroxyl groups excluding tert-OH is 1. The molecular weight excluding hydrogens is 402 g/mol. The fourth-order valence-electron chi connectivity index (χ4n) is 3.90. The molecule has 0 saturated carbocycles. The van der Waals surface area contributed by atoms with Crippen molar-refractivity contribution >= 4 is 6.09 Å². The van der Waals surface area contributed by atoms with Gasteiger partial charge < -0.3 is 20.5 Å². The quantitative estimate of drug-likeness (QED) is 0.618. The molecule has 0 aromatic heterocycles. The van der Waals surface area contributed by atoms with Gasteiger partial charge in [0.15, 0.2) is 0 Å². The Morgan fingerprint density at radius 3 is 2.55 bits per heavy atom. The van der Waals surface area contributed by atoms with Gasteiger partial charge in [-0.25, -0.2) is 13.6 Å². The van der Waals surface area contributed by atoms with E-state index in [1.165, 1.54) is 23.3 Å². The Morgan fingerprint density at radius 2 is 1.87 bits per heavy atom. The molecule has 0 spiro atoms. The van der Waals surface area contributed by atoms with E-state index in [2.05, 4.69) is 22.8 Å². The molecule has 0 fully saturated rings. The molecule has 5 nitrogen and oxygen atoms in total. The summed E-state index contributed by atoms with van der Waals surface area (Å²) in [5, 5.41) is 16.9. The molecule has 0 radical (unpaired) electrons. The number of amides is 1. The van der Waals surface area contributed by atoms with Crippen molar-refractivity contribution in [1.29, 1.82) is 0 Å². The molecule has 1 amide bonds. The molecule has 0 aliphatic heterocycles. The van der Waals surface area contributed by atoms with Crippen molar-refractivity contribution in [3.63, 3.8) is 0 Å². The van der Waals surface area contributed by atoms with Gasteiger partial charge in [-0.1, -0.05) is 24.3 Å². The van der Waals surface area contributed by atoms with Crippen LogP contribution in [0.5, 0.6) is 0 Å². The first-order chi connectivity index (χ1) is 14.6. The number of aryl methyl sites for hydroxylation is 1. The van der Waals surface area contributed by atoms with Crippen LogP contribution in [0.2, 0.25) is 0 Å². The highest BCUT2D eigenvalue weighted by atomic mass is 19.1. The smallest absolute Gasteiger partial charge is 0.407 e. The first-order valence-corrected chi connectivity index (χ1v) is 10.5. The first-order valence-electron chi connectivity index (χ1n) is 10.5. The molecular formula is C24H30F2N2O3. The number of halogens is 2. The van der Waals surface area contributed by atoms with Crippen LogP contribution in [0, 0.1) is 11.6 Å². The van der Waals surface area contributed by atoms with E-state index in [-0.39, 0.29) is 19.0 Å². The van der Waals surface area contributed by atoms with Gasteiger partial charge in [0.25, 0.3) is 0 Å². The number of aliphatic hydroxyl groups is 1. The van der Waals surface area contributed by atoms with Crippen LogP contribution >= 0.6 is 0 Å². The minimum absolute atomic E-state index is 0.0536. The Morgan fingerprint density at radius 1 is 1.19 bits per heavy atom. The van der Waals surface area contributed by atoms with Crippen molar-refractivity contribution in [3.8, 4) is 0 Å². The summed E-state index contributed by atoms with van der Waals surface area (Å²) in [5.74, 6) is -1.41. The van der Waals surface area contributed by atoms with Gasteiger partial charge in [0.2, 0.25) is 0 Å². The molecule has 0 heterocycles. The third-order valence-electron chi connectivity index (χ3n) is 5.25. The maximum atomic E-state index is 13.6. The number of carbonyl (C=O) groups excluding carboxylic acids is 1. The summed E-state index contributed by atoms with van der Waals surface area (Å²) in [6, 6.07) is 10.7. The van der Waals surface area contributed by atoms with Crippen LogP contribution < -0.4 is 10.6 Å². The summed E-state index contributed by atoms with van der Waals surface area (Å²) in [4.78, 5) is 12.3. The molecule has 3 N–H and O–H groups in total. The average molecular weight is 433 g/mol. The zero-order valence-corrected chi connectivity index (χ0v) is 18.1. The van der Waals surface area contributed by atoms with Crippen molar-refractivity contribution in [2.75, 3.05) is 6.54 Å². The Labute approximate surface area is 181 Å². The molecule has 3 rings (SSSR count). The lowest BCUT2D eigenvalue weighted by Gasteiger charge is -2.28. The monoisotopic (exact) mass is 432 g/mol. The third kappa shape index (κ3) is 6.74. The van der Waals surface area contributed by atoms with Gasteiger partial charge >= 0.3 is 6.09 Å². The summed E-state index contributed by atoms with van der Waals surface area (Å²) in [6.45, 7) is 5.41. The highest BCUT2D eigenvalue weighted by Gasteiger charge is 2.27. The van der Waals surface area contributed by atoms with E-state index in [1.807, 2.05) is 12.1 Å². The first kappa shape index (κ1) is 23.2. The summed E-state index contributed by atoms with van der Waals surface area (Å²) in [7, 11) is 0. The van der Waals surface area contributed by atoms with Crippen molar-refractivity contribution in [2.45, 2.75) is 63.8 Å². The highest BCUT2D eigenvalue weighted by Crippen LogP contribution is 2.30. The second kappa shape index (κ2) is 9.75. The van der Waals surface area contributed by atoms with Crippen LogP contribution in [0.15, 0.2) is 42.5 Å². The Kier molecular flexibility index (Phi) is 7.28. The molecule has 7 heteroatoms. The molecule has 31 heavy (non-hydrogen) atoms. The van der Waals surface area contributed by atoms with E-state index in [1.54, 1.807) is 20.8 Å². The average Bonchev–Trinajstić information content (AvgIpc) is 3.06. The number of hydrogen-bond acceptors (Lipinski definition) is 4. The molecule has 0 saturated heterocycles. The van der Waals surface area contributed by atoms with Crippen molar-refractivity contribution in [2.24, 2.45) is 0 Å². The fraction of sp³-hybridized carbons (Fsp3) is 0.458. The summed E-state index contributed by atoms with van der Waals surface area (Å²) >= 11 is 0. The van der Waals surface area contributed by atoms with Crippen molar-refractivity contribution < 1.29 is 23.4 Å². The lowest BCUT2D eigenvalue weighted by atomic mass is 10.00. The molecule has 3 atom stereocenters. The summed E-state index contributed by atoms with van der Waals surface area (Å²) in [6.07, 6.45) is 0.251. The van der Waals surface area contributed by atoms with E-state index >= 15 is 0 Å². The van der Waals surface area contributed by atoms with E-state index in [4.69, 9.17) is 4.74 Å². The molecule has 0 unspecified atom stereocenters. The van der Waals surface area contributed by atoms with Crippen LogP contribution in [0.3, 0.4) is 0 Å². The standard InChI is InChI=1S/C24H30F2N2O3/c1-24(2,3)31-23(30)28-21(12-15-10-17(25)13-18(26)11-15)22(29)14-27-20-9-8-16-6-4-5-7-19(16)20/h4-7,10-11,13,20-22,27,29H,8-9,12,14H2,1-3H3,(H,28,30)/t20-,21+,22-/m1/s1. The molecule has 168 valence electrons. The number of fused-ring (bicyclic) bond motifs is 1. The number of carbonyl (C=O) groups is 1. The van der Waals surface area contributed by atoms with Crippen LogP contribution in [-0.4, -0.2) is 35.5 Å². The predicted octanol–water partition coefficient (Wildman–Crippen LogP) is 4.04. The van der Waals surface area contributed by atoms with Gasteiger partial charge in [0.05, 0.1) is 12.1 Å². The number of alkyl carbamates (subject to hydrolysis) is 1. The van der Waals surface area contributed by atoms with Gasteiger partial charge in [-0.15, -0.1) is 0 Å². The Hall–Kier alpha value is -2.51. The number of ether oxygens (including phenoxy) is 1. The number of rotatable bonds is 7. The van der Waals surface area contributed by atoms with Crippen LogP contribution in [-0.2, 0) is 17.6 Å². The van der Waals surface area contributed by atoms with Gasteiger partial charge in [-0.05, 0) is 68.9 Å². The zero-order chi connectivity index (χ0) is 22.6. The summed E-state index contributed by atoms with van der Waals surface area (Å²) < 4.78 is 32.6. The molecule has 1 aliphatic carbocycles. The maximum absolute atomic E-state index is 13.6. The minimum atomic E-state index is -0.994. The number of benzene rings is 2. The third-order valence-corrected chi connectivity index (χ3v) is 5.25. The van der Waals surface area contributed by atoms with Crippen LogP contribution in [0.1, 0.15) is 49.9 Å². The van der Waals surface area contributed by atoms with Gasteiger partial charge in [-0.3, -0.25) is 0 Å². The normalized spacial score (nSPS) is 17.7. The van der Waals surface area contributed by atoms with E-state index in [0.29, 0.717) is 5.56 Å². The zero-order valence-electron chi connectivity index (χ0n) is 18.1. The predicted molar refractivity (Wildman–Crippen MR) is 115 cm³/mol. The van der Waals surface area contributed by atoms with Crippen molar-refractivity contribution in [1.82, 2.24) is 10.6 Å². The Bertz CT molecular complexity index is 894. The van der Waals surface area contributed by atoms with Gasteiger partial charge in [-0.2, -0.15) is 0 Å². The highest BCUT2D eigenvalue weighted by molar-refractivity contribution is 5.68. The molecule has 2 aromatic carbocycles. The van der Waals surface area contributed by atoms with E-state index in [0.717, 1.165) is 18.9 Å². The van der Waals surface area contributed by atoms with Crippen LogP contribution in [0.25, 0.3) is 0 Å². The van der Waals surface area contributed by atoms with E-state index in [9.17, 15) is 18.7 Å². The number of nitrogens with one attached hydrogen (secondary N) is 2. The van der Waals surface area contributed by atoms with Crippen molar-refractivity contribution in [3.05, 3.63) is 70.8 Å². The van der Waals surface area contributed by atoms with Crippen LogP contribution in [0.4, 0.5) is 13.6 Å². The molecule has 0 bridgehead atoms. The minimum Gasteiger partial charge on any atom is -0.444 e. The fourth-order valence-corrected chi connectivity index (χ4v) is 3.90. The second-order valence-electron chi connectivity index (χ2n) is 9.00. The lowest BCUT2D eigenvalue weighted by molar-refractivity contribution is 0.0420. The lowest BCUT2D eigenvalue weighted by Crippen LogP contribution is -2.50. The SMILES string of the molecule is CC(C)(C)OC(=O)N[C@@H](Cc1cc(F)cc(F)c1)[C@H](O)CN[C@@H]1CCc2ccccc21. The van der Waals surface area contributed by atoms with E-state index < -0.39 is 35.5 Å². The Balaban J connectivity index is 1.69. The molecule has 1 aliphatic rings. The maximum Gasteiger partial charge on any atom is 0.407 e. The second-order valence-corrected chi connectivity index (χ2v) is 9.00. The molecule has 2 aromatic rings. The number of hydrogen-bond donors (Lipinski definition) is 3. The van der Waals surface area contributed by atoms with Gasteiger partial charge in [0.1, 0.15) is 17.2 Å². The van der Waals surface area contributed by atoms with Gasteiger partial charge in [0, 0.05) is 18.7 Å². The topological polar surface area (TPSA) is 70.6 Å². The largest absolute Gasteiger partial charge is 0.444 e. The summed E-state index contributed by atoms with van der Waals surface area (Å²) in [5.41, 5.74) is 2.12.